The molecular weight excluding hydrogens is 332 g/mol. The van der Waals surface area contributed by atoms with E-state index in [0.29, 0.717) is 6.04 Å². The Kier molecular flexibility index (Phi) is 7.10. The molecule has 0 saturated carbocycles. The van der Waals surface area contributed by atoms with Crippen molar-refractivity contribution in [3.8, 4) is 0 Å². The summed E-state index contributed by atoms with van der Waals surface area (Å²) in [4.78, 5) is 25.2. The lowest BCUT2D eigenvalue weighted by molar-refractivity contribution is -0.130. The number of guanidine groups is 1. The van der Waals surface area contributed by atoms with Gasteiger partial charge in [0.05, 0.1) is 13.2 Å². The Balaban J connectivity index is 1.37. The molecule has 0 aromatic carbocycles. The number of rotatable bonds is 4. The van der Waals surface area contributed by atoms with Crippen LogP contribution in [0.2, 0.25) is 0 Å². The largest absolute Gasteiger partial charge is 0.379 e. The number of carbonyl (C=O) groups excluding carboxylic acids is 1. The number of morpholine rings is 1. The van der Waals surface area contributed by atoms with E-state index in [2.05, 4.69) is 25.0 Å². The van der Waals surface area contributed by atoms with Crippen molar-refractivity contribution in [3.05, 3.63) is 0 Å². The van der Waals surface area contributed by atoms with Crippen LogP contribution in [0.15, 0.2) is 4.99 Å². The zero-order valence-electron chi connectivity index (χ0n) is 16.3. The van der Waals surface area contributed by atoms with E-state index in [1.807, 2.05) is 11.9 Å². The predicted octanol–water partition coefficient (Wildman–Crippen LogP) is -0.868. The van der Waals surface area contributed by atoms with E-state index < -0.39 is 0 Å². The molecule has 3 saturated heterocycles. The highest BCUT2D eigenvalue weighted by Crippen LogP contribution is 2.17. The third kappa shape index (κ3) is 5.08. The molecule has 1 amide bonds. The van der Waals surface area contributed by atoms with Gasteiger partial charge < -0.3 is 19.9 Å². The van der Waals surface area contributed by atoms with Crippen molar-refractivity contribution < 1.29 is 9.53 Å². The summed E-state index contributed by atoms with van der Waals surface area (Å²) in [5.41, 5.74) is 0. The molecule has 3 fully saturated rings. The van der Waals surface area contributed by atoms with Gasteiger partial charge in [-0.25, -0.2) is 0 Å². The molecule has 0 bridgehead atoms. The molecular formula is C18H34N6O2. The lowest BCUT2D eigenvalue weighted by Crippen LogP contribution is -2.51. The van der Waals surface area contributed by atoms with Crippen LogP contribution in [0.3, 0.4) is 0 Å². The van der Waals surface area contributed by atoms with Crippen LogP contribution < -0.4 is 5.32 Å². The van der Waals surface area contributed by atoms with Crippen molar-refractivity contribution in [2.45, 2.75) is 19.4 Å². The van der Waals surface area contributed by atoms with Gasteiger partial charge in [0.25, 0.3) is 0 Å². The van der Waals surface area contributed by atoms with Gasteiger partial charge in [0.2, 0.25) is 5.91 Å². The number of amides is 1. The third-order valence-corrected chi connectivity index (χ3v) is 5.77. The number of hydrogen-bond acceptors (Lipinski definition) is 5. The maximum Gasteiger partial charge on any atom is 0.219 e. The molecule has 26 heavy (non-hydrogen) atoms. The van der Waals surface area contributed by atoms with Crippen molar-refractivity contribution in [2.24, 2.45) is 4.99 Å². The summed E-state index contributed by atoms with van der Waals surface area (Å²) in [6, 6.07) is 0.622. The highest BCUT2D eigenvalue weighted by atomic mass is 16.5. The molecule has 1 unspecified atom stereocenters. The first-order valence-corrected chi connectivity index (χ1v) is 9.92. The summed E-state index contributed by atoms with van der Waals surface area (Å²) >= 11 is 0. The van der Waals surface area contributed by atoms with Gasteiger partial charge in [-0.05, 0) is 6.42 Å². The molecule has 0 radical (unpaired) electrons. The Morgan fingerprint density at radius 1 is 1.08 bits per heavy atom. The first-order valence-electron chi connectivity index (χ1n) is 9.92. The topological polar surface area (TPSA) is 63.7 Å². The van der Waals surface area contributed by atoms with Crippen LogP contribution in [-0.4, -0.2) is 123 Å². The van der Waals surface area contributed by atoms with Gasteiger partial charge in [-0.15, -0.1) is 0 Å². The monoisotopic (exact) mass is 366 g/mol. The smallest absolute Gasteiger partial charge is 0.219 e. The van der Waals surface area contributed by atoms with Gasteiger partial charge in [-0.3, -0.25) is 19.6 Å². The summed E-state index contributed by atoms with van der Waals surface area (Å²) in [6.07, 6.45) is 1.20. The van der Waals surface area contributed by atoms with Crippen LogP contribution >= 0.6 is 0 Å². The van der Waals surface area contributed by atoms with Crippen LogP contribution in [0.25, 0.3) is 0 Å². The summed E-state index contributed by atoms with van der Waals surface area (Å²) < 4.78 is 5.47. The lowest BCUT2D eigenvalue weighted by atomic mass is 10.2. The molecule has 148 valence electrons. The van der Waals surface area contributed by atoms with E-state index in [9.17, 15) is 4.79 Å². The molecule has 3 aliphatic heterocycles. The molecule has 1 N–H and O–H groups in total. The first-order chi connectivity index (χ1) is 12.7. The molecule has 3 heterocycles. The zero-order valence-corrected chi connectivity index (χ0v) is 16.3. The van der Waals surface area contributed by atoms with Crippen LogP contribution in [0, 0.1) is 0 Å². The molecule has 0 aromatic heterocycles. The summed E-state index contributed by atoms with van der Waals surface area (Å²) in [7, 11) is 1.87. The van der Waals surface area contributed by atoms with Crippen molar-refractivity contribution in [1.82, 2.24) is 24.9 Å². The predicted molar refractivity (Wildman–Crippen MR) is 102 cm³/mol. The summed E-state index contributed by atoms with van der Waals surface area (Å²) in [5, 5.41) is 3.53. The Hall–Kier alpha value is -1.38. The van der Waals surface area contributed by atoms with Gasteiger partial charge in [0.15, 0.2) is 5.96 Å². The van der Waals surface area contributed by atoms with Crippen LogP contribution in [0.1, 0.15) is 13.3 Å². The number of nitrogens with zero attached hydrogens (tertiary/aromatic N) is 5. The minimum atomic E-state index is 0.187. The van der Waals surface area contributed by atoms with Gasteiger partial charge in [0, 0.05) is 85.5 Å². The normalized spacial score (nSPS) is 26.4. The fraction of sp³-hybridized carbons (Fsp3) is 0.889. The lowest BCUT2D eigenvalue weighted by Gasteiger charge is -2.34. The van der Waals surface area contributed by atoms with E-state index in [1.165, 1.54) is 6.42 Å². The second-order valence-corrected chi connectivity index (χ2v) is 7.36. The molecule has 1 atom stereocenters. The number of likely N-dealkylation sites (tertiary alicyclic amines) is 1. The van der Waals surface area contributed by atoms with E-state index >= 15 is 0 Å². The minimum Gasteiger partial charge on any atom is -0.379 e. The van der Waals surface area contributed by atoms with Crippen molar-refractivity contribution in [1.29, 1.82) is 0 Å². The molecule has 8 heteroatoms. The maximum atomic E-state index is 11.4. The first kappa shape index (κ1) is 19.4. The number of carbonyl (C=O) groups is 1. The number of piperazine rings is 1. The second kappa shape index (κ2) is 9.53. The van der Waals surface area contributed by atoms with Crippen LogP contribution in [0.5, 0.6) is 0 Å². The standard InChI is InChI=1S/C18H34N6O2/c1-16(25)22-9-7-21(8-10-22)6-4-20-18(19-2)24-5-3-17(15-24)23-11-13-26-14-12-23/h17H,3-15H2,1-2H3,(H,19,20). The van der Waals surface area contributed by atoms with Gasteiger partial charge in [-0.2, -0.15) is 0 Å². The van der Waals surface area contributed by atoms with Crippen LogP contribution in [-0.2, 0) is 9.53 Å². The van der Waals surface area contributed by atoms with Gasteiger partial charge in [0.1, 0.15) is 0 Å². The van der Waals surface area contributed by atoms with E-state index in [0.717, 1.165) is 84.6 Å². The SMILES string of the molecule is CN=C(NCCN1CCN(C(C)=O)CC1)N1CCC(N2CCOCC2)C1. The van der Waals surface area contributed by atoms with E-state index in [1.54, 1.807) is 6.92 Å². The third-order valence-electron chi connectivity index (χ3n) is 5.77. The van der Waals surface area contributed by atoms with E-state index in [4.69, 9.17) is 4.74 Å². The average Bonchev–Trinajstić information content (AvgIpc) is 3.16. The zero-order chi connectivity index (χ0) is 18.4. The Bertz CT molecular complexity index is 486. The minimum absolute atomic E-state index is 0.187. The van der Waals surface area contributed by atoms with Crippen molar-refractivity contribution in [3.63, 3.8) is 0 Å². The molecule has 0 aromatic rings. The fourth-order valence-corrected chi connectivity index (χ4v) is 4.12. The highest BCUT2D eigenvalue weighted by molar-refractivity contribution is 5.80. The molecule has 3 rings (SSSR count). The van der Waals surface area contributed by atoms with Crippen LogP contribution in [0.4, 0.5) is 0 Å². The second-order valence-electron chi connectivity index (χ2n) is 7.36. The van der Waals surface area contributed by atoms with Gasteiger partial charge >= 0.3 is 0 Å². The number of hydrogen-bond donors (Lipinski definition) is 1. The quantitative estimate of drug-likeness (QED) is 0.516. The molecule has 0 aliphatic carbocycles. The number of aliphatic imine (C=N–C) groups is 1. The average molecular weight is 367 g/mol. The summed E-state index contributed by atoms with van der Waals surface area (Å²) in [5.74, 6) is 1.20. The van der Waals surface area contributed by atoms with Crippen molar-refractivity contribution >= 4 is 11.9 Å². The number of nitrogens with one attached hydrogen (secondary N) is 1. The highest BCUT2D eigenvalue weighted by Gasteiger charge is 2.30. The molecule has 8 nitrogen and oxygen atoms in total. The maximum absolute atomic E-state index is 11.4. The van der Waals surface area contributed by atoms with Gasteiger partial charge in [-0.1, -0.05) is 0 Å². The Labute approximate surface area is 157 Å². The Morgan fingerprint density at radius 3 is 2.46 bits per heavy atom. The molecule has 0 spiro atoms. The Morgan fingerprint density at radius 2 is 1.81 bits per heavy atom. The van der Waals surface area contributed by atoms with E-state index in [-0.39, 0.29) is 5.91 Å². The summed E-state index contributed by atoms with van der Waals surface area (Å²) in [6.45, 7) is 13.1. The fourth-order valence-electron chi connectivity index (χ4n) is 4.12. The van der Waals surface area contributed by atoms with Crippen molar-refractivity contribution in [2.75, 3.05) is 85.7 Å². The molecule has 3 aliphatic rings. The number of ether oxygens (including phenoxy) is 1.